The molecule has 2 N–H and O–H groups in total. The molecule has 1 atom stereocenters. The maximum absolute atomic E-state index is 13.2. The van der Waals surface area contributed by atoms with Gasteiger partial charge in [0.2, 0.25) is 0 Å². The average Bonchev–Trinajstić information content (AvgIpc) is 3.26. The molecule has 0 bridgehead atoms. The summed E-state index contributed by atoms with van der Waals surface area (Å²) in [5.74, 6) is -0.481. The Morgan fingerprint density at radius 1 is 1.03 bits per heavy atom. The molecule has 0 fully saturated rings. The number of nitrogens with one attached hydrogen (secondary N) is 2. The van der Waals surface area contributed by atoms with Crippen LogP contribution in [0.1, 0.15) is 33.1 Å². The van der Waals surface area contributed by atoms with Crippen LogP contribution in [0.5, 0.6) is 0 Å². The average molecular weight is 409 g/mol. The van der Waals surface area contributed by atoms with Gasteiger partial charge in [0.1, 0.15) is 11.2 Å². The minimum Gasteiger partial charge on any atom is -0.345 e. The van der Waals surface area contributed by atoms with E-state index >= 15 is 0 Å². The highest BCUT2D eigenvalue weighted by Crippen LogP contribution is 2.25. The van der Waals surface area contributed by atoms with Crippen molar-refractivity contribution in [3.8, 4) is 0 Å². The molecule has 0 saturated heterocycles. The molecule has 5 rings (SSSR count). The molecule has 1 amide bonds. The van der Waals surface area contributed by atoms with Crippen molar-refractivity contribution < 1.29 is 4.79 Å². The van der Waals surface area contributed by atoms with E-state index in [0.717, 1.165) is 27.7 Å². The number of imidazole rings is 1. The minimum atomic E-state index is -0.481. The molecule has 5 aromatic rings. The monoisotopic (exact) mass is 409 g/mol. The maximum Gasteiger partial charge on any atom is 0.270 e. The van der Waals surface area contributed by atoms with Crippen molar-refractivity contribution in [3.63, 3.8) is 0 Å². The van der Waals surface area contributed by atoms with Crippen molar-refractivity contribution in [3.05, 3.63) is 112 Å². The highest BCUT2D eigenvalue weighted by molar-refractivity contribution is 5.94. The Morgan fingerprint density at radius 3 is 2.71 bits per heavy atom. The summed E-state index contributed by atoms with van der Waals surface area (Å²) in [4.78, 5) is 37.7. The lowest BCUT2D eigenvalue weighted by atomic mass is 9.98. The number of rotatable bonds is 4. The second-order valence-corrected chi connectivity index (χ2v) is 7.41. The molecule has 7 heteroatoms. The van der Waals surface area contributed by atoms with E-state index in [0.29, 0.717) is 5.65 Å². The third-order valence-corrected chi connectivity index (χ3v) is 5.30. The first-order valence-corrected chi connectivity index (χ1v) is 9.87. The van der Waals surface area contributed by atoms with Crippen LogP contribution in [0.3, 0.4) is 0 Å². The van der Waals surface area contributed by atoms with E-state index < -0.39 is 17.5 Å². The van der Waals surface area contributed by atoms with E-state index in [1.807, 2.05) is 61.5 Å². The molecule has 31 heavy (non-hydrogen) atoms. The number of carbonyl (C=O) groups is 1. The van der Waals surface area contributed by atoms with Crippen LogP contribution in [-0.2, 0) is 0 Å². The summed E-state index contributed by atoms with van der Waals surface area (Å²) in [6.07, 6.45) is 4.61. The number of carbonyl (C=O) groups excluding carboxylic acids is 1. The summed E-state index contributed by atoms with van der Waals surface area (Å²) >= 11 is 0. The molecule has 0 radical (unpaired) electrons. The van der Waals surface area contributed by atoms with Crippen LogP contribution in [-0.4, -0.2) is 25.3 Å². The van der Waals surface area contributed by atoms with Crippen molar-refractivity contribution >= 4 is 22.6 Å². The van der Waals surface area contributed by atoms with Gasteiger partial charge < -0.3 is 10.3 Å². The fourth-order valence-corrected chi connectivity index (χ4v) is 3.68. The highest BCUT2D eigenvalue weighted by atomic mass is 16.2. The maximum atomic E-state index is 13.2. The van der Waals surface area contributed by atoms with Crippen molar-refractivity contribution in [2.75, 3.05) is 0 Å². The number of aryl methyl sites for hydroxylation is 1. The van der Waals surface area contributed by atoms with Crippen LogP contribution in [0.2, 0.25) is 0 Å². The number of aromatic amines is 1. The Bertz CT molecular complexity index is 1470. The van der Waals surface area contributed by atoms with Crippen molar-refractivity contribution in [1.82, 2.24) is 24.7 Å². The molecule has 0 aliphatic carbocycles. The summed E-state index contributed by atoms with van der Waals surface area (Å²) in [6, 6.07) is 18.6. The van der Waals surface area contributed by atoms with E-state index in [2.05, 4.69) is 20.3 Å². The van der Waals surface area contributed by atoms with Gasteiger partial charge in [-0.2, -0.15) is 0 Å². The number of amides is 1. The first-order chi connectivity index (χ1) is 15.1. The fraction of sp³-hybridized carbons (Fsp3) is 0.0833. The van der Waals surface area contributed by atoms with Crippen LogP contribution < -0.4 is 10.9 Å². The molecular weight excluding hydrogens is 390 g/mol. The molecule has 152 valence electrons. The van der Waals surface area contributed by atoms with Crippen LogP contribution in [0, 0.1) is 6.92 Å². The number of aromatic nitrogens is 4. The van der Waals surface area contributed by atoms with E-state index in [-0.39, 0.29) is 5.56 Å². The summed E-state index contributed by atoms with van der Waals surface area (Å²) in [7, 11) is 0. The van der Waals surface area contributed by atoms with Gasteiger partial charge in [0.05, 0.1) is 23.4 Å². The van der Waals surface area contributed by atoms with E-state index in [4.69, 9.17) is 0 Å². The van der Waals surface area contributed by atoms with E-state index in [9.17, 15) is 9.59 Å². The Balaban J connectivity index is 1.56. The summed E-state index contributed by atoms with van der Waals surface area (Å²) < 4.78 is 1.39. The third-order valence-electron chi connectivity index (χ3n) is 5.30. The Hall–Kier alpha value is -4.26. The summed E-state index contributed by atoms with van der Waals surface area (Å²) in [6.45, 7) is 1.92. The van der Waals surface area contributed by atoms with Gasteiger partial charge in [-0.05, 0) is 47.9 Å². The van der Waals surface area contributed by atoms with Gasteiger partial charge in [-0.15, -0.1) is 0 Å². The first-order valence-electron chi connectivity index (χ1n) is 9.87. The Labute approximate surface area is 177 Å². The summed E-state index contributed by atoms with van der Waals surface area (Å²) in [5, 5.41) is 3.01. The molecule has 0 aliphatic heterocycles. The Morgan fingerprint density at radius 2 is 1.87 bits per heavy atom. The molecule has 0 aliphatic rings. The number of H-pyrrole nitrogens is 1. The van der Waals surface area contributed by atoms with Crippen LogP contribution in [0.25, 0.3) is 16.7 Å². The smallest absolute Gasteiger partial charge is 0.270 e. The number of hydrogen-bond donors (Lipinski definition) is 2. The topological polar surface area (TPSA) is 92.1 Å². The fourth-order valence-electron chi connectivity index (χ4n) is 3.68. The van der Waals surface area contributed by atoms with Gasteiger partial charge in [-0.1, -0.05) is 36.4 Å². The van der Waals surface area contributed by atoms with Crippen LogP contribution in [0.4, 0.5) is 0 Å². The van der Waals surface area contributed by atoms with E-state index in [1.54, 1.807) is 18.6 Å². The predicted octanol–water partition coefficient (Wildman–Crippen LogP) is 3.40. The van der Waals surface area contributed by atoms with Crippen LogP contribution in [0.15, 0.2) is 84.2 Å². The van der Waals surface area contributed by atoms with Gasteiger partial charge in [0.25, 0.3) is 11.5 Å². The molecule has 1 unspecified atom stereocenters. The molecule has 0 spiro atoms. The van der Waals surface area contributed by atoms with Crippen molar-refractivity contribution in [2.24, 2.45) is 0 Å². The lowest BCUT2D eigenvalue weighted by Gasteiger charge is -2.20. The van der Waals surface area contributed by atoms with Crippen LogP contribution >= 0.6 is 0 Å². The lowest BCUT2D eigenvalue weighted by molar-refractivity contribution is 0.0941. The SMILES string of the molecule is Cc1ccn2c(=O)c(C(=O)NC(c3ccccc3)c3ccc4nc[nH]c4c3)cnc2c1. The first kappa shape index (κ1) is 18.7. The van der Waals surface area contributed by atoms with Gasteiger partial charge in [0, 0.05) is 12.4 Å². The summed E-state index contributed by atoms with van der Waals surface area (Å²) in [5.41, 5.74) is 4.57. The lowest BCUT2D eigenvalue weighted by Crippen LogP contribution is -2.34. The van der Waals surface area contributed by atoms with Gasteiger partial charge >= 0.3 is 0 Å². The zero-order valence-electron chi connectivity index (χ0n) is 16.7. The molecule has 3 aromatic heterocycles. The normalized spacial score (nSPS) is 12.2. The second-order valence-electron chi connectivity index (χ2n) is 7.41. The second kappa shape index (κ2) is 7.53. The minimum absolute atomic E-state index is 0.00935. The number of hydrogen-bond acceptors (Lipinski definition) is 4. The predicted molar refractivity (Wildman–Crippen MR) is 118 cm³/mol. The highest BCUT2D eigenvalue weighted by Gasteiger charge is 2.21. The zero-order chi connectivity index (χ0) is 21.4. The third kappa shape index (κ3) is 3.46. The molecule has 3 heterocycles. The number of nitrogens with zero attached hydrogens (tertiary/aromatic N) is 3. The molecule has 2 aromatic carbocycles. The standard InChI is InChI=1S/C24H19N5O2/c1-15-9-10-29-21(11-15)25-13-18(24(29)31)23(30)28-22(16-5-3-2-4-6-16)17-7-8-19-20(12-17)27-14-26-19/h2-14,22H,1H3,(H,26,27)(H,28,30). The van der Waals surface area contributed by atoms with Gasteiger partial charge in [-0.3, -0.25) is 14.0 Å². The number of benzene rings is 2. The molecule has 7 nitrogen and oxygen atoms in total. The van der Waals surface area contributed by atoms with Crippen molar-refractivity contribution in [1.29, 1.82) is 0 Å². The van der Waals surface area contributed by atoms with E-state index in [1.165, 1.54) is 10.6 Å². The zero-order valence-corrected chi connectivity index (χ0v) is 16.7. The number of fused-ring (bicyclic) bond motifs is 2. The van der Waals surface area contributed by atoms with Gasteiger partial charge in [0.15, 0.2) is 0 Å². The largest absolute Gasteiger partial charge is 0.345 e. The van der Waals surface area contributed by atoms with Gasteiger partial charge in [-0.25, -0.2) is 9.97 Å². The molecule has 0 saturated carbocycles. The Kier molecular flexibility index (Phi) is 4.55. The van der Waals surface area contributed by atoms with Crippen molar-refractivity contribution in [2.45, 2.75) is 13.0 Å². The quantitative estimate of drug-likeness (QED) is 0.476. The number of pyridine rings is 1. The molecular formula is C24H19N5O2.